The number of aliphatic carboxylic acids is 1. The van der Waals surface area contributed by atoms with Crippen LogP contribution in [-0.4, -0.2) is 19.8 Å². The van der Waals surface area contributed by atoms with Gasteiger partial charge in [-0.05, 0) is 29.3 Å². The number of nitrogens with zero attached hydrogens (tertiary/aromatic N) is 2. The second kappa shape index (κ2) is 5.19. The Morgan fingerprint density at radius 2 is 2.05 bits per heavy atom. The minimum Gasteiger partial charge on any atom is -0.481 e. The van der Waals surface area contributed by atoms with Crippen LogP contribution < -0.4 is 0 Å². The van der Waals surface area contributed by atoms with Gasteiger partial charge < -0.3 is 5.11 Å². The summed E-state index contributed by atoms with van der Waals surface area (Å²) in [4.78, 5) is 11.0. The third-order valence-corrected chi connectivity index (χ3v) is 3.76. The Hall–Kier alpha value is -1.98. The molecule has 0 atom stereocenters. The Balaban J connectivity index is 2.23. The lowest BCUT2D eigenvalue weighted by Gasteiger charge is -2.09. The molecule has 2 aromatic carbocycles. The van der Waals surface area contributed by atoms with Crippen molar-refractivity contribution < 1.29 is 9.90 Å². The van der Waals surface area contributed by atoms with E-state index < -0.39 is 5.97 Å². The molecule has 3 aromatic rings. The van der Waals surface area contributed by atoms with Crippen molar-refractivity contribution in [1.29, 1.82) is 0 Å². The summed E-state index contributed by atoms with van der Waals surface area (Å²) in [6.07, 6.45) is -0.0795. The minimum absolute atomic E-state index is 0.0795. The number of benzene rings is 2. The maximum atomic E-state index is 11.0. The molecule has 1 heterocycles. The van der Waals surface area contributed by atoms with E-state index in [1.54, 1.807) is 12.1 Å². The fourth-order valence-corrected chi connectivity index (χ4v) is 2.90. The van der Waals surface area contributed by atoms with Crippen molar-refractivity contribution in [2.45, 2.75) is 6.42 Å². The molecule has 0 aliphatic rings. The molecule has 0 saturated heterocycles. The van der Waals surface area contributed by atoms with Gasteiger partial charge in [-0.2, -0.15) is 8.75 Å². The van der Waals surface area contributed by atoms with Crippen LogP contribution in [0.1, 0.15) is 5.56 Å². The molecular formula is C14H9ClN2O2S. The summed E-state index contributed by atoms with van der Waals surface area (Å²) < 4.78 is 8.49. The largest absolute Gasteiger partial charge is 0.481 e. The van der Waals surface area contributed by atoms with Crippen LogP contribution >= 0.6 is 23.3 Å². The van der Waals surface area contributed by atoms with E-state index in [9.17, 15) is 4.79 Å². The van der Waals surface area contributed by atoms with Crippen LogP contribution in [0.5, 0.6) is 0 Å². The highest BCUT2D eigenvalue weighted by atomic mass is 35.5. The average molecular weight is 305 g/mol. The summed E-state index contributed by atoms with van der Waals surface area (Å²) in [5, 5.41) is 9.56. The van der Waals surface area contributed by atoms with E-state index >= 15 is 0 Å². The molecule has 0 spiro atoms. The van der Waals surface area contributed by atoms with Gasteiger partial charge in [-0.1, -0.05) is 29.8 Å². The fourth-order valence-electron chi connectivity index (χ4n) is 2.16. The van der Waals surface area contributed by atoms with E-state index in [0.717, 1.165) is 33.9 Å². The first-order valence-corrected chi connectivity index (χ1v) is 6.98. The Bertz CT molecular complexity index is 801. The van der Waals surface area contributed by atoms with Crippen molar-refractivity contribution in [2.24, 2.45) is 0 Å². The third-order valence-electron chi connectivity index (χ3n) is 2.99. The van der Waals surface area contributed by atoms with Crippen LogP contribution in [0, 0.1) is 0 Å². The van der Waals surface area contributed by atoms with Crippen molar-refractivity contribution in [3.63, 3.8) is 0 Å². The normalized spacial score (nSPS) is 10.8. The molecule has 0 aliphatic heterocycles. The van der Waals surface area contributed by atoms with Gasteiger partial charge in [0.25, 0.3) is 0 Å². The lowest BCUT2D eigenvalue weighted by atomic mass is 9.97. The van der Waals surface area contributed by atoms with Crippen molar-refractivity contribution >= 4 is 40.3 Å². The van der Waals surface area contributed by atoms with E-state index in [0.29, 0.717) is 10.6 Å². The minimum atomic E-state index is -0.892. The molecule has 0 fully saturated rings. The quantitative estimate of drug-likeness (QED) is 0.802. The predicted molar refractivity (Wildman–Crippen MR) is 79.2 cm³/mol. The second-order valence-electron chi connectivity index (χ2n) is 4.31. The van der Waals surface area contributed by atoms with Crippen LogP contribution in [0.4, 0.5) is 0 Å². The van der Waals surface area contributed by atoms with Gasteiger partial charge >= 0.3 is 5.97 Å². The summed E-state index contributed by atoms with van der Waals surface area (Å²) in [5.74, 6) is -0.892. The monoisotopic (exact) mass is 304 g/mol. The molecular weight excluding hydrogens is 296 g/mol. The zero-order chi connectivity index (χ0) is 14.1. The van der Waals surface area contributed by atoms with Gasteiger partial charge in [0.05, 0.1) is 18.1 Å². The van der Waals surface area contributed by atoms with Gasteiger partial charge in [0.1, 0.15) is 11.0 Å². The van der Waals surface area contributed by atoms with E-state index in [2.05, 4.69) is 8.75 Å². The molecule has 3 rings (SSSR count). The standard InChI is InChI=1S/C14H9ClN2O2S/c15-9-4-5-10(8(6-9)7-13(18)19)11-2-1-3-12-14(11)17-20-16-12/h1-6H,7H2,(H,18,19). The van der Waals surface area contributed by atoms with Gasteiger partial charge in [-0.25, -0.2) is 0 Å². The van der Waals surface area contributed by atoms with E-state index in [-0.39, 0.29) is 6.42 Å². The second-order valence-corrected chi connectivity index (χ2v) is 5.27. The van der Waals surface area contributed by atoms with Crippen LogP contribution in [0.2, 0.25) is 5.02 Å². The predicted octanol–water partition coefficient (Wildman–Crippen LogP) is 3.64. The molecule has 6 heteroatoms. The molecule has 0 unspecified atom stereocenters. The number of carboxylic acid groups (broad SMARTS) is 1. The number of carboxylic acids is 1. The van der Waals surface area contributed by atoms with Gasteiger partial charge in [-0.3, -0.25) is 4.79 Å². The highest BCUT2D eigenvalue weighted by Gasteiger charge is 2.13. The van der Waals surface area contributed by atoms with Gasteiger partial charge in [0.2, 0.25) is 0 Å². The summed E-state index contributed by atoms with van der Waals surface area (Å²) in [5.41, 5.74) is 3.97. The molecule has 0 saturated carbocycles. The topological polar surface area (TPSA) is 63.1 Å². The molecule has 1 N–H and O–H groups in total. The van der Waals surface area contributed by atoms with E-state index in [1.165, 1.54) is 0 Å². The van der Waals surface area contributed by atoms with Crippen molar-refractivity contribution in [1.82, 2.24) is 8.75 Å². The lowest BCUT2D eigenvalue weighted by Crippen LogP contribution is -2.02. The number of fused-ring (bicyclic) bond motifs is 1. The first kappa shape index (κ1) is 13.0. The Morgan fingerprint density at radius 3 is 2.85 bits per heavy atom. The third kappa shape index (κ3) is 2.37. The summed E-state index contributed by atoms with van der Waals surface area (Å²) in [6, 6.07) is 10.9. The Kier molecular flexibility index (Phi) is 3.38. The molecule has 1 aromatic heterocycles. The smallest absolute Gasteiger partial charge is 0.307 e. The van der Waals surface area contributed by atoms with Crippen LogP contribution in [0.3, 0.4) is 0 Å². The number of carbonyl (C=O) groups is 1. The van der Waals surface area contributed by atoms with Crippen molar-refractivity contribution in [3.05, 3.63) is 47.0 Å². The number of halogens is 1. The average Bonchev–Trinajstić information content (AvgIpc) is 2.86. The van der Waals surface area contributed by atoms with Crippen LogP contribution in [0.15, 0.2) is 36.4 Å². The van der Waals surface area contributed by atoms with Crippen LogP contribution in [0.25, 0.3) is 22.2 Å². The maximum absolute atomic E-state index is 11.0. The van der Waals surface area contributed by atoms with Crippen molar-refractivity contribution in [3.8, 4) is 11.1 Å². The Labute approximate surface area is 124 Å². The van der Waals surface area contributed by atoms with Crippen LogP contribution in [-0.2, 0) is 11.2 Å². The number of hydrogen-bond donors (Lipinski definition) is 1. The fraction of sp³-hybridized carbons (Fsp3) is 0.0714. The van der Waals surface area contributed by atoms with E-state index in [1.807, 2.05) is 24.3 Å². The molecule has 20 heavy (non-hydrogen) atoms. The zero-order valence-corrected chi connectivity index (χ0v) is 11.8. The first-order chi connectivity index (χ1) is 9.65. The summed E-state index contributed by atoms with van der Waals surface area (Å²) in [7, 11) is 0. The molecule has 0 bridgehead atoms. The zero-order valence-electron chi connectivity index (χ0n) is 10.2. The van der Waals surface area contributed by atoms with E-state index in [4.69, 9.17) is 16.7 Å². The van der Waals surface area contributed by atoms with Gasteiger partial charge in [0, 0.05) is 10.6 Å². The molecule has 0 amide bonds. The number of hydrogen-bond acceptors (Lipinski definition) is 4. The van der Waals surface area contributed by atoms with Gasteiger partial charge in [0.15, 0.2) is 0 Å². The van der Waals surface area contributed by atoms with Crippen molar-refractivity contribution in [2.75, 3.05) is 0 Å². The lowest BCUT2D eigenvalue weighted by molar-refractivity contribution is -0.136. The highest BCUT2D eigenvalue weighted by molar-refractivity contribution is 7.00. The number of aromatic nitrogens is 2. The highest BCUT2D eigenvalue weighted by Crippen LogP contribution is 2.31. The molecule has 100 valence electrons. The number of rotatable bonds is 3. The molecule has 4 nitrogen and oxygen atoms in total. The maximum Gasteiger partial charge on any atom is 0.307 e. The summed E-state index contributed by atoms with van der Waals surface area (Å²) >= 11 is 7.11. The molecule has 0 radical (unpaired) electrons. The molecule has 0 aliphatic carbocycles. The first-order valence-electron chi connectivity index (χ1n) is 5.87. The SMILES string of the molecule is O=C(O)Cc1cc(Cl)ccc1-c1cccc2nsnc12. The van der Waals surface area contributed by atoms with Gasteiger partial charge in [-0.15, -0.1) is 0 Å². The summed E-state index contributed by atoms with van der Waals surface area (Å²) in [6.45, 7) is 0. The Morgan fingerprint density at radius 1 is 1.20 bits per heavy atom.